The number of thioether (sulfide) groups is 2. The Morgan fingerprint density at radius 2 is 1.67 bits per heavy atom. The SMILES string of the molecule is CC(C)Sc1cccc(Cc2ccccn2)c1SC(C)C. The molecule has 0 saturated heterocycles. The van der Waals surface area contributed by atoms with Gasteiger partial charge in [-0.3, -0.25) is 4.98 Å². The van der Waals surface area contributed by atoms with Crippen LogP contribution in [0, 0.1) is 0 Å². The highest BCUT2D eigenvalue weighted by atomic mass is 32.2. The van der Waals surface area contributed by atoms with E-state index in [9.17, 15) is 0 Å². The third kappa shape index (κ3) is 5.08. The van der Waals surface area contributed by atoms with Gasteiger partial charge in [0.2, 0.25) is 0 Å². The third-order valence-electron chi connectivity index (χ3n) is 2.87. The van der Waals surface area contributed by atoms with Gasteiger partial charge in [0, 0.05) is 38.6 Å². The molecule has 0 saturated carbocycles. The molecule has 0 atom stereocenters. The zero-order valence-electron chi connectivity index (χ0n) is 13.2. The fourth-order valence-electron chi connectivity index (χ4n) is 2.11. The monoisotopic (exact) mass is 317 g/mol. The summed E-state index contributed by atoms with van der Waals surface area (Å²) < 4.78 is 0. The molecule has 1 aromatic carbocycles. The van der Waals surface area contributed by atoms with Gasteiger partial charge >= 0.3 is 0 Å². The fourth-order valence-corrected chi connectivity index (χ4v) is 4.25. The van der Waals surface area contributed by atoms with Crippen molar-refractivity contribution in [2.45, 2.75) is 54.4 Å². The number of pyridine rings is 1. The van der Waals surface area contributed by atoms with Gasteiger partial charge in [0.15, 0.2) is 0 Å². The van der Waals surface area contributed by atoms with E-state index in [0.29, 0.717) is 10.5 Å². The van der Waals surface area contributed by atoms with Crippen molar-refractivity contribution in [1.29, 1.82) is 0 Å². The first kappa shape index (κ1) is 16.4. The van der Waals surface area contributed by atoms with Gasteiger partial charge in [-0.25, -0.2) is 0 Å². The summed E-state index contributed by atoms with van der Waals surface area (Å²) in [6.45, 7) is 9.01. The van der Waals surface area contributed by atoms with E-state index in [2.05, 4.69) is 63.0 Å². The molecule has 0 aliphatic carbocycles. The van der Waals surface area contributed by atoms with Crippen LogP contribution in [-0.4, -0.2) is 15.5 Å². The van der Waals surface area contributed by atoms with Crippen molar-refractivity contribution in [2.24, 2.45) is 0 Å². The van der Waals surface area contributed by atoms with Crippen molar-refractivity contribution < 1.29 is 0 Å². The zero-order valence-corrected chi connectivity index (χ0v) is 14.8. The van der Waals surface area contributed by atoms with Crippen molar-refractivity contribution in [3.8, 4) is 0 Å². The van der Waals surface area contributed by atoms with Gasteiger partial charge in [0.05, 0.1) is 0 Å². The van der Waals surface area contributed by atoms with E-state index in [-0.39, 0.29) is 0 Å². The highest BCUT2D eigenvalue weighted by molar-refractivity contribution is 8.02. The summed E-state index contributed by atoms with van der Waals surface area (Å²) in [5, 5.41) is 1.18. The Morgan fingerprint density at radius 3 is 2.29 bits per heavy atom. The summed E-state index contributed by atoms with van der Waals surface area (Å²) >= 11 is 3.91. The van der Waals surface area contributed by atoms with E-state index >= 15 is 0 Å². The zero-order chi connectivity index (χ0) is 15.2. The highest BCUT2D eigenvalue weighted by Gasteiger charge is 2.13. The highest BCUT2D eigenvalue weighted by Crippen LogP contribution is 2.38. The number of nitrogens with zero attached hydrogens (tertiary/aromatic N) is 1. The number of aromatic nitrogens is 1. The van der Waals surface area contributed by atoms with Gasteiger partial charge < -0.3 is 0 Å². The molecule has 112 valence electrons. The van der Waals surface area contributed by atoms with Crippen LogP contribution in [0.1, 0.15) is 39.0 Å². The summed E-state index contributed by atoms with van der Waals surface area (Å²) in [6.07, 6.45) is 2.78. The number of hydrogen-bond donors (Lipinski definition) is 0. The van der Waals surface area contributed by atoms with Crippen LogP contribution in [0.3, 0.4) is 0 Å². The van der Waals surface area contributed by atoms with E-state index in [1.165, 1.54) is 15.4 Å². The Bertz CT molecular complexity index is 565. The molecule has 3 heteroatoms. The van der Waals surface area contributed by atoms with Crippen molar-refractivity contribution in [1.82, 2.24) is 4.98 Å². The molecule has 0 aliphatic heterocycles. The van der Waals surface area contributed by atoms with Gasteiger partial charge in [-0.2, -0.15) is 0 Å². The van der Waals surface area contributed by atoms with Crippen LogP contribution in [-0.2, 0) is 6.42 Å². The maximum Gasteiger partial charge on any atom is 0.0447 e. The molecule has 1 heterocycles. The fraction of sp³-hybridized carbons (Fsp3) is 0.389. The minimum Gasteiger partial charge on any atom is -0.261 e. The number of rotatable bonds is 6. The molecule has 0 N–H and O–H groups in total. The minimum absolute atomic E-state index is 0.585. The summed E-state index contributed by atoms with van der Waals surface area (Å²) in [5.41, 5.74) is 2.52. The van der Waals surface area contributed by atoms with Crippen molar-refractivity contribution in [3.63, 3.8) is 0 Å². The van der Waals surface area contributed by atoms with Gasteiger partial charge in [-0.1, -0.05) is 45.9 Å². The molecule has 2 rings (SSSR count). The van der Waals surface area contributed by atoms with E-state index in [4.69, 9.17) is 0 Å². The molecule has 2 aromatic rings. The molecule has 0 unspecified atom stereocenters. The molecular formula is C18H23NS2. The molecule has 0 bridgehead atoms. The minimum atomic E-state index is 0.585. The summed E-state index contributed by atoms with van der Waals surface area (Å²) in [5.74, 6) is 0. The van der Waals surface area contributed by atoms with Gasteiger partial charge in [-0.15, -0.1) is 23.5 Å². The quantitative estimate of drug-likeness (QED) is 0.637. The van der Waals surface area contributed by atoms with Crippen LogP contribution in [0.5, 0.6) is 0 Å². The Balaban J connectivity index is 2.34. The van der Waals surface area contributed by atoms with Crippen LogP contribution < -0.4 is 0 Å². The Labute approximate surface area is 137 Å². The number of hydrogen-bond acceptors (Lipinski definition) is 3. The van der Waals surface area contributed by atoms with Crippen LogP contribution in [0.25, 0.3) is 0 Å². The molecule has 0 fully saturated rings. The van der Waals surface area contributed by atoms with Crippen LogP contribution >= 0.6 is 23.5 Å². The van der Waals surface area contributed by atoms with E-state index < -0.39 is 0 Å². The van der Waals surface area contributed by atoms with Gasteiger partial charge in [0.1, 0.15) is 0 Å². The molecular weight excluding hydrogens is 294 g/mol. The molecule has 0 amide bonds. The largest absolute Gasteiger partial charge is 0.261 e. The first-order valence-corrected chi connectivity index (χ1v) is 9.17. The van der Waals surface area contributed by atoms with Crippen molar-refractivity contribution in [2.75, 3.05) is 0 Å². The molecule has 1 nitrogen and oxygen atoms in total. The van der Waals surface area contributed by atoms with Gasteiger partial charge in [0.25, 0.3) is 0 Å². The van der Waals surface area contributed by atoms with Crippen LogP contribution in [0.2, 0.25) is 0 Å². The standard InChI is InChI=1S/C18H23NS2/c1-13(2)20-17-10-7-8-15(18(17)21-14(3)4)12-16-9-5-6-11-19-16/h5-11,13-14H,12H2,1-4H3. The van der Waals surface area contributed by atoms with Crippen LogP contribution in [0.4, 0.5) is 0 Å². The topological polar surface area (TPSA) is 12.9 Å². The normalized spacial score (nSPS) is 11.3. The molecule has 0 radical (unpaired) electrons. The second kappa shape index (κ2) is 7.90. The second-order valence-electron chi connectivity index (χ2n) is 5.58. The lowest BCUT2D eigenvalue weighted by molar-refractivity contribution is 1.00. The molecule has 21 heavy (non-hydrogen) atoms. The average Bonchev–Trinajstić information content (AvgIpc) is 2.42. The predicted molar refractivity (Wildman–Crippen MR) is 95.5 cm³/mol. The molecule has 0 spiro atoms. The lowest BCUT2D eigenvalue weighted by Crippen LogP contribution is -1.99. The maximum absolute atomic E-state index is 4.47. The number of benzene rings is 1. The second-order valence-corrected chi connectivity index (χ2v) is 8.78. The smallest absolute Gasteiger partial charge is 0.0447 e. The van der Waals surface area contributed by atoms with E-state index in [0.717, 1.165) is 12.1 Å². The Kier molecular flexibility index (Phi) is 6.19. The summed E-state index contributed by atoms with van der Waals surface area (Å²) in [6, 6.07) is 12.8. The Hall–Kier alpha value is -0.930. The molecule has 0 aliphatic rings. The van der Waals surface area contributed by atoms with Crippen molar-refractivity contribution in [3.05, 3.63) is 53.9 Å². The predicted octanol–water partition coefficient (Wildman–Crippen LogP) is 5.67. The summed E-state index contributed by atoms with van der Waals surface area (Å²) in [7, 11) is 0. The first-order chi connectivity index (χ1) is 10.1. The summed E-state index contributed by atoms with van der Waals surface area (Å²) in [4.78, 5) is 7.30. The van der Waals surface area contributed by atoms with Crippen molar-refractivity contribution >= 4 is 23.5 Å². The molecule has 1 aromatic heterocycles. The average molecular weight is 318 g/mol. The van der Waals surface area contributed by atoms with Gasteiger partial charge in [-0.05, 0) is 23.8 Å². The van der Waals surface area contributed by atoms with E-state index in [1.54, 1.807) is 0 Å². The lowest BCUT2D eigenvalue weighted by atomic mass is 10.1. The first-order valence-electron chi connectivity index (χ1n) is 7.41. The lowest BCUT2D eigenvalue weighted by Gasteiger charge is -2.17. The van der Waals surface area contributed by atoms with Crippen LogP contribution in [0.15, 0.2) is 52.4 Å². The maximum atomic E-state index is 4.47. The Morgan fingerprint density at radius 1 is 0.905 bits per heavy atom. The van der Waals surface area contributed by atoms with E-state index in [1.807, 2.05) is 35.8 Å². The third-order valence-corrected chi connectivity index (χ3v) is 5.26.